The van der Waals surface area contributed by atoms with Crippen LogP contribution >= 0.6 is 0 Å². The number of benzene rings is 2. The quantitative estimate of drug-likeness (QED) is 0.497. The number of para-hydroxylation sites is 2. The molecule has 0 bridgehead atoms. The molecule has 1 aromatic heterocycles. The Bertz CT molecular complexity index is 1100. The Balaban J connectivity index is 1.57. The maximum Gasteiger partial charge on any atom is 0.339 e. The van der Waals surface area contributed by atoms with E-state index < -0.39 is 5.97 Å². The molecular formula is C25H26N2O3. The van der Waals surface area contributed by atoms with Gasteiger partial charge in [0.2, 0.25) is 0 Å². The Morgan fingerprint density at radius 2 is 1.70 bits per heavy atom. The van der Waals surface area contributed by atoms with Crippen LogP contribution < -0.4 is 5.32 Å². The number of aromatic nitrogens is 1. The van der Waals surface area contributed by atoms with Gasteiger partial charge in [-0.2, -0.15) is 0 Å². The number of esters is 1. The van der Waals surface area contributed by atoms with Gasteiger partial charge in [0, 0.05) is 16.8 Å². The number of nitrogens with one attached hydrogen (secondary N) is 1. The molecule has 4 rings (SSSR count). The summed E-state index contributed by atoms with van der Waals surface area (Å²) in [5.74, 6) is -0.798. The summed E-state index contributed by atoms with van der Waals surface area (Å²) < 4.78 is 5.48. The summed E-state index contributed by atoms with van der Waals surface area (Å²) in [6.45, 7) is 3.55. The van der Waals surface area contributed by atoms with Crippen molar-refractivity contribution in [2.24, 2.45) is 0 Å². The number of pyridine rings is 1. The van der Waals surface area contributed by atoms with Crippen LogP contribution in [0.2, 0.25) is 0 Å². The third-order valence-electron chi connectivity index (χ3n) is 5.70. The van der Waals surface area contributed by atoms with Crippen LogP contribution in [0.5, 0.6) is 0 Å². The number of carbonyl (C=O) groups is 2. The maximum absolute atomic E-state index is 13.1. The summed E-state index contributed by atoms with van der Waals surface area (Å²) in [6, 6.07) is 13.5. The molecule has 0 unspecified atom stereocenters. The van der Waals surface area contributed by atoms with Gasteiger partial charge in [-0.05, 0) is 62.3 Å². The van der Waals surface area contributed by atoms with Crippen molar-refractivity contribution in [3.8, 4) is 0 Å². The molecule has 0 aliphatic heterocycles. The van der Waals surface area contributed by atoms with Crippen LogP contribution in [-0.4, -0.2) is 23.5 Å². The lowest BCUT2D eigenvalue weighted by Gasteiger charge is -2.15. The lowest BCUT2D eigenvalue weighted by Crippen LogP contribution is -2.22. The van der Waals surface area contributed by atoms with Crippen molar-refractivity contribution in [3.05, 3.63) is 70.4 Å². The van der Waals surface area contributed by atoms with Crippen molar-refractivity contribution < 1.29 is 14.3 Å². The van der Waals surface area contributed by atoms with E-state index in [2.05, 4.69) is 5.32 Å². The number of rotatable bonds is 4. The summed E-state index contributed by atoms with van der Waals surface area (Å²) in [5, 5.41) is 3.66. The number of fused-ring (bicyclic) bond motifs is 2. The van der Waals surface area contributed by atoms with Crippen molar-refractivity contribution in [2.45, 2.75) is 46.0 Å². The fourth-order valence-electron chi connectivity index (χ4n) is 4.17. The first-order chi connectivity index (χ1) is 14.5. The number of anilines is 1. The molecule has 0 saturated heterocycles. The first kappa shape index (κ1) is 20.1. The monoisotopic (exact) mass is 402 g/mol. The second-order valence-electron chi connectivity index (χ2n) is 7.88. The number of ether oxygens (including phenoxy) is 1. The van der Waals surface area contributed by atoms with Gasteiger partial charge < -0.3 is 10.1 Å². The van der Waals surface area contributed by atoms with Crippen molar-refractivity contribution in [2.75, 3.05) is 11.9 Å². The lowest BCUT2D eigenvalue weighted by atomic mass is 9.97. The van der Waals surface area contributed by atoms with Gasteiger partial charge in [-0.15, -0.1) is 0 Å². The molecule has 3 aromatic rings. The number of nitrogens with zero attached hydrogens (tertiary/aromatic N) is 1. The highest BCUT2D eigenvalue weighted by atomic mass is 16.5. The van der Waals surface area contributed by atoms with Crippen LogP contribution in [0.25, 0.3) is 10.9 Å². The first-order valence-electron chi connectivity index (χ1n) is 10.5. The zero-order valence-electron chi connectivity index (χ0n) is 17.5. The molecule has 0 saturated carbocycles. The molecule has 1 N–H and O–H groups in total. The summed E-state index contributed by atoms with van der Waals surface area (Å²) >= 11 is 0. The molecule has 2 aromatic carbocycles. The molecule has 0 spiro atoms. The van der Waals surface area contributed by atoms with Gasteiger partial charge in [0.15, 0.2) is 6.61 Å². The Kier molecular flexibility index (Phi) is 5.79. The first-order valence-corrected chi connectivity index (χ1v) is 10.5. The van der Waals surface area contributed by atoms with Crippen LogP contribution in [0.1, 0.15) is 52.0 Å². The predicted octanol–water partition coefficient (Wildman–Crippen LogP) is 4.92. The van der Waals surface area contributed by atoms with Gasteiger partial charge >= 0.3 is 5.97 Å². The highest BCUT2D eigenvalue weighted by molar-refractivity contribution is 6.06. The minimum atomic E-state index is -0.455. The molecule has 5 nitrogen and oxygen atoms in total. The Hall–Kier alpha value is -3.21. The third kappa shape index (κ3) is 4.06. The van der Waals surface area contributed by atoms with Crippen LogP contribution in [-0.2, 0) is 22.4 Å². The summed E-state index contributed by atoms with van der Waals surface area (Å²) in [7, 11) is 0. The van der Waals surface area contributed by atoms with Crippen molar-refractivity contribution in [1.29, 1.82) is 0 Å². The Morgan fingerprint density at radius 3 is 2.50 bits per heavy atom. The van der Waals surface area contributed by atoms with Crippen LogP contribution in [0.3, 0.4) is 0 Å². The van der Waals surface area contributed by atoms with Crippen molar-refractivity contribution in [1.82, 2.24) is 4.98 Å². The lowest BCUT2D eigenvalue weighted by molar-refractivity contribution is -0.119. The second-order valence-corrected chi connectivity index (χ2v) is 7.88. The summed E-state index contributed by atoms with van der Waals surface area (Å²) in [5.41, 5.74) is 6.04. The molecule has 154 valence electrons. The van der Waals surface area contributed by atoms with E-state index in [1.807, 2.05) is 56.3 Å². The van der Waals surface area contributed by atoms with Crippen LogP contribution in [0.4, 0.5) is 5.69 Å². The van der Waals surface area contributed by atoms with E-state index in [-0.39, 0.29) is 12.5 Å². The normalized spacial score (nSPS) is 13.4. The largest absolute Gasteiger partial charge is 0.452 e. The molecule has 1 amide bonds. The number of aryl methyl sites for hydroxylation is 3. The van der Waals surface area contributed by atoms with Crippen LogP contribution in [0.15, 0.2) is 42.5 Å². The summed E-state index contributed by atoms with van der Waals surface area (Å²) in [4.78, 5) is 30.4. The molecule has 5 heteroatoms. The molecule has 1 aliphatic rings. The zero-order chi connectivity index (χ0) is 21.1. The minimum Gasteiger partial charge on any atom is -0.452 e. The van der Waals surface area contributed by atoms with Gasteiger partial charge in [-0.1, -0.05) is 42.8 Å². The van der Waals surface area contributed by atoms with E-state index in [1.165, 1.54) is 0 Å². The van der Waals surface area contributed by atoms with Gasteiger partial charge in [-0.25, -0.2) is 4.79 Å². The minimum absolute atomic E-state index is 0.321. The Labute approximate surface area is 176 Å². The molecule has 1 heterocycles. The van der Waals surface area contributed by atoms with E-state index in [9.17, 15) is 9.59 Å². The van der Waals surface area contributed by atoms with Gasteiger partial charge in [-0.3, -0.25) is 9.78 Å². The van der Waals surface area contributed by atoms with Gasteiger partial charge in [0.05, 0.1) is 11.1 Å². The van der Waals surface area contributed by atoms with Gasteiger partial charge in [0.1, 0.15) is 0 Å². The number of hydrogen-bond donors (Lipinski definition) is 1. The molecule has 30 heavy (non-hydrogen) atoms. The van der Waals surface area contributed by atoms with Crippen LogP contribution in [0, 0.1) is 13.8 Å². The van der Waals surface area contributed by atoms with E-state index in [0.717, 1.165) is 71.1 Å². The topological polar surface area (TPSA) is 68.3 Å². The van der Waals surface area contributed by atoms with E-state index >= 15 is 0 Å². The average Bonchev–Trinajstić information content (AvgIpc) is 2.98. The average molecular weight is 402 g/mol. The fourth-order valence-corrected chi connectivity index (χ4v) is 4.17. The molecule has 0 atom stereocenters. The van der Waals surface area contributed by atoms with Gasteiger partial charge in [0.25, 0.3) is 5.91 Å². The summed E-state index contributed by atoms with van der Waals surface area (Å²) in [6.07, 6.45) is 4.91. The fraction of sp³-hybridized carbons (Fsp3) is 0.320. The highest BCUT2D eigenvalue weighted by Gasteiger charge is 2.23. The predicted molar refractivity (Wildman–Crippen MR) is 118 cm³/mol. The smallest absolute Gasteiger partial charge is 0.339 e. The molecule has 1 aliphatic carbocycles. The third-order valence-corrected chi connectivity index (χ3v) is 5.70. The van der Waals surface area contributed by atoms with E-state index in [1.54, 1.807) is 0 Å². The van der Waals surface area contributed by atoms with Crippen molar-refractivity contribution >= 4 is 28.5 Å². The standard InChI is InChI=1S/C25H26N2O3/c1-16-9-8-10-17(2)24(16)27-22(28)15-30-25(29)23-18-11-4-3-5-13-20(18)26-21-14-7-6-12-19(21)23/h6-10,12,14H,3-5,11,13,15H2,1-2H3,(H,27,28). The molecule has 0 radical (unpaired) electrons. The van der Waals surface area contributed by atoms with Crippen molar-refractivity contribution in [3.63, 3.8) is 0 Å². The Morgan fingerprint density at radius 1 is 0.967 bits per heavy atom. The number of hydrogen-bond acceptors (Lipinski definition) is 4. The SMILES string of the molecule is Cc1cccc(C)c1NC(=O)COC(=O)c1c2c(nc3ccccc13)CCCCC2. The highest BCUT2D eigenvalue weighted by Crippen LogP contribution is 2.29. The molecular weight excluding hydrogens is 376 g/mol. The number of amides is 1. The number of carbonyl (C=O) groups excluding carboxylic acids is 2. The second kappa shape index (κ2) is 8.66. The maximum atomic E-state index is 13.1. The van der Waals surface area contributed by atoms with E-state index in [4.69, 9.17) is 9.72 Å². The van der Waals surface area contributed by atoms with E-state index in [0.29, 0.717) is 5.56 Å². The molecule has 0 fully saturated rings. The zero-order valence-corrected chi connectivity index (χ0v) is 17.5.